The molecule has 3 unspecified atom stereocenters. The lowest BCUT2D eigenvalue weighted by Gasteiger charge is -2.25. The number of nitrogens with zero attached hydrogens (tertiary/aromatic N) is 1. The Labute approximate surface area is 98.4 Å². The van der Waals surface area contributed by atoms with Gasteiger partial charge in [0.25, 0.3) is 0 Å². The molecule has 1 aromatic rings. The largest absolute Gasteiger partial charge is 0.323 e. The number of nitrogens with two attached hydrogens (primary N) is 1. The highest BCUT2D eigenvalue weighted by atomic mass is 15.2. The molecule has 1 aliphatic rings. The van der Waals surface area contributed by atoms with Gasteiger partial charge < -0.3 is 5.73 Å². The molecule has 0 bridgehead atoms. The van der Waals surface area contributed by atoms with Gasteiger partial charge in [-0.1, -0.05) is 37.3 Å². The Hall–Kier alpha value is -0.860. The lowest BCUT2D eigenvalue weighted by Crippen LogP contribution is -2.34. The van der Waals surface area contributed by atoms with Crippen LogP contribution >= 0.6 is 0 Å². The quantitative estimate of drug-likeness (QED) is 0.844. The number of hydrogen-bond acceptors (Lipinski definition) is 2. The lowest BCUT2D eigenvalue weighted by atomic mass is 10.1. The maximum Gasteiger partial charge on any atom is 0.0424 e. The fraction of sp³-hybridized carbons (Fsp3) is 0.571. The van der Waals surface area contributed by atoms with Gasteiger partial charge in [0.15, 0.2) is 0 Å². The monoisotopic (exact) mass is 218 g/mol. The van der Waals surface area contributed by atoms with Crippen molar-refractivity contribution in [2.75, 3.05) is 13.1 Å². The van der Waals surface area contributed by atoms with Crippen molar-refractivity contribution in [2.45, 2.75) is 32.4 Å². The Morgan fingerprint density at radius 1 is 1.31 bits per heavy atom. The molecule has 3 atom stereocenters. The molecule has 0 aliphatic carbocycles. The van der Waals surface area contributed by atoms with E-state index in [9.17, 15) is 0 Å². The molecule has 0 saturated carbocycles. The lowest BCUT2D eigenvalue weighted by molar-refractivity contribution is 0.249. The molecule has 0 radical (unpaired) electrons. The minimum atomic E-state index is 0.147. The van der Waals surface area contributed by atoms with Crippen molar-refractivity contribution in [1.82, 2.24) is 4.90 Å². The summed E-state index contributed by atoms with van der Waals surface area (Å²) in [6.45, 7) is 6.81. The van der Waals surface area contributed by atoms with Gasteiger partial charge in [0.1, 0.15) is 0 Å². The molecular formula is C14H22N2. The summed E-state index contributed by atoms with van der Waals surface area (Å²) in [5, 5.41) is 0. The van der Waals surface area contributed by atoms with Gasteiger partial charge in [0.2, 0.25) is 0 Å². The van der Waals surface area contributed by atoms with Crippen molar-refractivity contribution in [3.8, 4) is 0 Å². The van der Waals surface area contributed by atoms with Crippen LogP contribution in [0.4, 0.5) is 0 Å². The van der Waals surface area contributed by atoms with Crippen LogP contribution in [0.15, 0.2) is 30.3 Å². The third-order valence-electron chi connectivity index (χ3n) is 3.57. The van der Waals surface area contributed by atoms with Gasteiger partial charge in [-0.3, -0.25) is 4.90 Å². The molecule has 0 amide bonds. The van der Waals surface area contributed by atoms with E-state index in [-0.39, 0.29) is 6.04 Å². The minimum absolute atomic E-state index is 0.147. The van der Waals surface area contributed by atoms with Crippen LogP contribution in [0.25, 0.3) is 0 Å². The number of benzene rings is 1. The highest BCUT2D eigenvalue weighted by Gasteiger charge is 2.27. The summed E-state index contributed by atoms with van der Waals surface area (Å²) < 4.78 is 0. The van der Waals surface area contributed by atoms with E-state index >= 15 is 0 Å². The van der Waals surface area contributed by atoms with Crippen LogP contribution in [-0.4, -0.2) is 24.0 Å². The molecule has 2 nitrogen and oxygen atoms in total. The normalized spacial score (nSPS) is 28.2. The highest BCUT2D eigenvalue weighted by Crippen LogP contribution is 2.24. The summed E-state index contributed by atoms with van der Waals surface area (Å²) in [4.78, 5) is 2.52. The Bertz CT molecular complexity index is 323. The second-order valence-electron chi connectivity index (χ2n) is 5.16. The first kappa shape index (κ1) is 11.6. The van der Waals surface area contributed by atoms with Gasteiger partial charge in [-0.25, -0.2) is 0 Å². The third-order valence-corrected chi connectivity index (χ3v) is 3.57. The molecular weight excluding hydrogens is 196 g/mol. The van der Waals surface area contributed by atoms with Crippen molar-refractivity contribution >= 4 is 0 Å². The Morgan fingerprint density at radius 3 is 2.56 bits per heavy atom. The minimum Gasteiger partial charge on any atom is -0.323 e. The third kappa shape index (κ3) is 2.63. The second-order valence-corrected chi connectivity index (χ2v) is 5.16. The number of likely N-dealkylation sites (tertiary alicyclic amines) is 1. The molecule has 0 aromatic heterocycles. The zero-order valence-corrected chi connectivity index (χ0v) is 10.3. The van der Waals surface area contributed by atoms with Gasteiger partial charge in [0, 0.05) is 25.2 Å². The first-order chi connectivity index (χ1) is 7.66. The van der Waals surface area contributed by atoms with E-state index in [1.54, 1.807) is 0 Å². The van der Waals surface area contributed by atoms with Crippen molar-refractivity contribution in [1.29, 1.82) is 0 Å². The molecule has 2 heteroatoms. The van der Waals surface area contributed by atoms with Crippen LogP contribution in [0, 0.1) is 5.92 Å². The van der Waals surface area contributed by atoms with Gasteiger partial charge in [-0.15, -0.1) is 0 Å². The van der Waals surface area contributed by atoms with Crippen molar-refractivity contribution < 1.29 is 0 Å². The summed E-state index contributed by atoms with van der Waals surface area (Å²) in [6, 6.07) is 11.2. The van der Waals surface area contributed by atoms with Crippen LogP contribution in [0.5, 0.6) is 0 Å². The van der Waals surface area contributed by atoms with E-state index in [2.05, 4.69) is 43.0 Å². The molecule has 1 heterocycles. The maximum atomic E-state index is 6.24. The predicted octanol–water partition coefficient (Wildman–Crippen LogP) is 2.42. The summed E-state index contributed by atoms with van der Waals surface area (Å²) in [5.41, 5.74) is 7.49. The summed E-state index contributed by atoms with van der Waals surface area (Å²) in [6.07, 6.45) is 1.31. The van der Waals surface area contributed by atoms with Crippen molar-refractivity contribution in [3.05, 3.63) is 35.9 Å². The summed E-state index contributed by atoms with van der Waals surface area (Å²) in [7, 11) is 0. The standard InChI is InChI=1S/C14H22N2/c1-11-8-12(2)16(9-11)10-14(15)13-6-4-3-5-7-13/h3-7,11-12,14H,8-10,15H2,1-2H3. The van der Waals surface area contributed by atoms with Gasteiger partial charge in [-0.2, -0.15) is 0 Å². The van der Waals surface area contributed by atoms with Crippen LogP contribution in [0.2, 0.25) is 0 Å². The summed E-state index contributed by atoms with van der Waals surface area (Å²) in [5.74, 6) is 0.818. The van der Waals surface area contributed by atoms with E-state index in [4.69, 9.17) is 5.73 Å². The molecule has 16 heavy (non-hydrogen) atoms. The zero-order valence-electron chi connectivity index (χ0n) is 10.3. The van der Waals surface area contributed by atoms with Crippen LogP contribution in [0.3, 0.4) is 0 Å². The fourth-order valence-corrected chi connectivity index (χ4v) is 2.70. The number of rotatable bonds is 3. The van der Waals surface area contributed by atoms with Gasteiger partial charge >= 0.3 is 0 Å². The molecule has 1 saturated heterocycles. The summed E-state index contributed by atoms with van der Waals surface area (Å²) >= 11 is 0. The van der Waals surface area contributed by atoms with E-state index < -0.39 is 0 Å². The smallest absolute Gasteiger partial charge is 0.0424 e. The van der Waals surface area contributed by atoms with E-state index in [0.29, 0.717) is 6.04 Å². The zero-order chi connectivity index (χ0) is 11.5. The van der Waals surface area contributed by atoms with Crippen molar-refractivity contribution in [3.63, 3.8) is 0 Å². The Balaban J connectivity index is 1.95. The van der Waals surface area contributed by atoms with Crippen LogP contribution in [-0.2, 0) is 0 Å². The SMILES string of the molecule is CC1CC(C)N(CC(N)c2ccccc2)C1. The molecule has 2 N–H and O–H groups in total. The average Bonchev–Trinajstić information content (AvgIpc) is 2.59. The fourth-order valence-electron chi connectivity index (χ4n) is 2.70. The molecule has 1 aromatic carbocycles. The topological polar surface area (TPSA) is 29.3 Å². The predicted molar refractivity (Wildman–Crippen MR) is 68.2 cm³/mol. The molecule has 1 fully saturated rings. The van der Waals surface area contributed by atoms with E-state index in [1.807, 2.05) is 6.07 Å². The average molecular weight is 218 g/mol. The second kappa shape index (κ2) is 4.98. The molecule has 0 spiro atoms. The first-order valence-electron chi connectivity index (χ1n) is 6.21. The Morgan fingerprint density at radius 2 is 2.00 bits per heavy atom. The van der Waals surface area contributed by atoms with Crippen LogP contribution in [0.1, 0.15) is 31.9 Å². The Kier molecular flexibility index (Phi) is 3.62. The van der Waals surface area contributed by atoms with E-state index in [0.717, 1.165) is 12.5 Å². The maximum absolute atomic E-state index is 6.24. The first-order valence-corrected chi connectivity index (χ1v) is 6.21. The number of hydrogen-bond donors (Lipinski definition) is 1. The van der Waals surface area contributed by atoms with E-state index in [1.165, 1.54) is 18.5 Å². The van der Waals surface area contributed by atoms with Gasteiger partial charge in [-0.05, 0) is 24.8 Å². The van der Waals surface area contributed by atoms with Crippen LogP contribution < -0.4 is 5.73 Å². The van der Waals surface area contributed by atoms with Gasteiger partial charge in [0.05, 0.1) is 0 Å². The molecule has 88 valence electrons. The molecule has 2 rings (SSSR count). The van der Waals surface area contributed by atoms with Crippen molar-refractivity contribution in [2.24, 2.45) is 11.7 Å². The molecule has 1 aliphatic heterocycles. The highest BCUT2D eigenvalue weighted by molar-refractivity contribution is 5.18.